The third-order valence-corrected chi connectivity index (χ3v) is 2.55. The first-order chi connectivity index (χ1) is 9.60. The molecule has 6 nitrogen and oxygen atoms in total. The van der Waals surface area contributed by atoms with Crippen molar-refractivity contribution in [3.63, 3.8) is 0 Å². The number of rotatable bonds is 10. The predicted molar refractivity (Wildman–Crippen MR) is 72.7 cm³/mol. The second kappa shape index (κ2) is 11.1. The number of esters is 2. The fourth-order valence-corrected chi connectivity index (χ4v) is 1.61. The Morgan fingerprint density at radius 3 is 1.90 bits per heavy atom. The summed E-state index contributed by atoms with van der Waals surface area (Å²) >= 11 is 0. The van der Waals surface area contributed by atoms with Gasteiger partial charge in [-0.3, -0.25) is 9.59 Å². The molecular formula is C14H24O6. The summed E-state index contributed by atoms with van der Waals surface area (Å²) < 4.78 is 19.6. The summed E-state index contributed by atoms with van der Waals surface area (Å²) in [6.07, 6.45) is 3.38. The zero-order valence-corrected chi connectivity index (χ0v) is 12.6. The Bertz CT molecular complexity index is 300. The van der Waals surface area contributed by atoms with E-state index in [-0.39, 0.29) is 13.2 Å². The summed E-state index contributed by atoms with van der Waals surface area (Å²) in [5.41, 5.74) is 0. The average molecular weight is 288 g/mol. The van der Waals surface area contributed by atoms with Crippen LogP contribution in [0.25, 0.3) is 0 Å². The third-order valence-electron chi connectivity index (χ3n) is 2.55. The zero-order chi connectivity index (χ0) is 15.4. The smallest absolute Gasteiger partial charge is 0.320 e. The van der Waals surface area contributed by atoms with E-state index in [0.29, 0.717) is 25.2 Å². The molecule has 0 amide bonds. The molecule has 0 bridgehead atoms. The van der Waals surface area contributed by atoms with Crippen LogP contribution in [-0.4, -0.2) is 39.4 Å². The number of carbonyl (C=O) groups excluding carboxylic acids is 2. The van der Waals surface area contributed by atoms with Crippen molar-refractivity contribution in [1.82, 2.24) is 0 Å². The molecule has 0 unspecified atom stereocenters. The highest BCUT2D eigenvalue weighted by Gasteiger charge is 2.28. The van der Waals surface area contributed by atoms with Gasteiger partial charge in [0.1, 0.15) is 0 Å². The van der Waals surface area contributed by atoms with Gasteiger partial charge in [-0.15, -0.1) is 0 Å². The van der Waals surface area contributed by atoms with Gasteiger partial charge >= 0.3 is 11.9 Å². The van der Waals surface area contributed by atoms with Crippen molar-refractivity contribution in [1.29, 1.82) is 0 Å². The average Bonchev–Trinajstić information content (AvgIpc) is 2.43. The highest BCUT2D eigenvalue weighted by Crippen LogP contribution is 2.14. The lowest BCUT2D eigenvalue weighted by Crippen LogP contribution is -2.28. The molecule has 0 aromatic carbocycles. The molecule has 0 saturated heterocycles. The van der Waals surface area contributed by atoms with Gasteiger partial charge in [0.05, 0.1) is 27.4 Å². The van der Waals surface area contributed by atoms with E-state index in [0.717, 1.165) is 0 Å². The van der Waals surface area contributed by atoms with Crippen LogP contribution in [0.5, 0.6) is 0 Å². The van der Waals surface area contributed by atoms with Gasteiger partial charge in [-0.1, -0.05) is 0 Å². The van der Waals surface area contributed by atoms with Gasteiger partial charge in [0.25, 0.3) is 5.95 Å². The lowest BCUT2D eigenvalue weighted by atomic mass is 10.0. The molecule has 20 heavy (non-hydrogen) atoms. The van der Waals surface area contributed by atoms with E-state index in [9.17, 15) is 9.59 Å². The van der Waals surface area contributed by atoms with E-state index < -0.39 is 17.9 Å². The summed E-state index contributed by atoms with van der Waals surface area (Å²) in [6, 6.07) is 0. The fourth-order valence-electron chi connectivity index (χ4n) is 1.61. The van der Waals surface area contributed by atoms with Crippen molar-refractivity contribution in [2.75, 3.05) is 27.4 Å². The van der Waals surface area contributed by atoms with Gasteiger partial charge in [0.2, 0.25) is 0 Å². The maximum absolute atomic E-state index is 11.7. The molecule has 0 aliphatic rings. The second-order valence-electron chi connectivity index (χ2n) is 3.92. The van der Waals surface area contributed by atoms with Crippen LogP contribution in [0, 0.1) is 5.92 Å². The Morgan fingerprint density at radius 1 is 1.00 bits per heavy atom. The fraction of sp³-hybridized carbons (Fsp3) is 0.714. The summed E-state index contributed by atoms with van der Waals surface area (Å²) in [5, 5.41) is 0. The minimum atomic E-state index is -0.864. The molecule has 0 aliphatic heterocycles. The Morgan fingerprint density at radius 2 is 1.50 bits per heavy atom. The van der Waals surface area contributed by atoms with Crippen molar-refractivity contribution in [3.05, 3.63) is 12.0 Å². The van der Waals surface area contributed by atoms with Gasteiger partial charge in [0.15, 0.2) is 5.92 Å². The summed E-state index contributed by atoms with van der Waals surface area (Å²) in [6.45, 7) is 3.89. The molecule has 0 N–H and O–H groups in total. The number of allylic oxidation sites excluding steroid dienone is 1. The van der Waals surface area contributed by atoms with Gasteiger partial charge in [0, 0.05) is 0 Å². The number of methoxy groups -OCH3 is 2. The van der Waals surface area contributed by atoms with Crippen LogP contribution < -0.4 is 0 Å². The largest absolute Gasteiger partial charge is 0.469 e. The van der Waals surface area contributed by atoms with Crippen LogP contribution in [0.15, 0.2) is 12.0 Å². The second-order valence-corrected chi connectivity index (χ2v) is 3.92. The molecule has 0 aliphatic carbocycles. The summed E-state index contributed by atoms with van der Waals surface area (Å²) in [4.78, 5) is 23.4. The monoisotopic (exact) mass is 288 g/mol. The van der Waals surface area contributed by atoms with E-state index in [1.54, 1.807) is 19.9 Å². The molecule has 0 fully saturated rings. The third kappa shape index (κ3) is 7.01. The van der Waals surface area contributed by atoms with Crippen LogP contribution in [0.1, 0.15) is 33.1 Å². The first-order valence-electron chi connectivity index (χ1n) is 6.72. The van der Waals surface area contributed by atoms with Crippen LogP contribution in [-0.2, 0) is 28.5 Å². The number of hydrogen-bond donors (Lipinski definition) is 0. The Hall–Kier alpha value is -1.72. The normalized spacial score (nSPS) is 9.85. The standard InChI is InChI=1S/C14H24O6/c1-5-19-13(15)11(14(16)20-6-2)9-7-8-10-12(17-3)18-4/h10-11H,5-9H2,1-4H3. The number of carbonyl (C=O) groups is 2. The molecule has 0 aromatic rings. The van der Waals surface area contributed by atoms with Gasteiger partial charge in [-0.2, -0.15) is 0 Å². The van der Waals surface area contributed by atoms with Crippen molar-refractivity contribution < 1.29 is 28.5 Å². The molecule has 0 heterocycles. The van der Waals surface area contributed by atoms with Crippen LogP contribution in [0.3, 0.4) is 0 Å². The predicted octanol–water partition coefficient (Wildman–Crippen LogP) is 2.03. The number of unbranched alkanes of at least 4 members (excludes halogenated alkanes) is 1. The van der Waals surface area contributed by atoms with Crippen molar-refractivity contribution in [2.24, 2.45) is 5.92 Å². The SMILES string of the molecule is CCOC(=O)C(CCCC=C(OC)OC)C(=O)OCC. The topological polar surface area (TPSA) is 71.1 Å². The van der Waals surface area contributed by atoms with E-state index in [1.807, 2.05) is 0 Å². The quantitative estimate of drug-likeness (QED) is 0.265. The van der Waals surface area contributed by atoms with Crippen LogP contribution >= 0.6 is 0 Å². The molecule has 0 aromatic heterocycles. The van der Waals surface area contributed by atoms with Crippen molar-refractivity contribution >= 4 is 11.9 Å². The highest BCUT2D eigenvalue weighted by molar-refractivity contribution is 5.94. The number of hydrogen-bond acceptors (Lipinski definition) is 6. The van der Waals surface area contributed by atoms with E-state index in [2.05, 4.69) is 0 Å². The molecule has 0 rings (SSSR count). The highest BCUT2D eigenvalue weighted by atomic mass is 16.7. The van der Waals surface area contributed by atoms with E-state index in [1.165, 1.54) is 14.2 Å². The van der Waals surface area contributed by atoms with Gasteiger partial charge in [-0.25, -0.2) is 0 Å². The maximum Gasteiger partial charge on any atom is 0.320 e. The van der Waals surface area contributed by atoms with E-state index >= 15 is 0 Å². The van der Waals surface area contributed by atoms with Crippen molar-refractivity contribution in [2.45, 2.75) is 33.1 Å². The van der Waals surface area contributed by atoms with Crippen LogP contribution in [0.4, 0.5) is 0 Å². The van der Waals surface area contributed by atoms with Crippen LogP contribution in [0.2, 0.25) is 0 Å². The van der Waals surface area contributed by atoms with E-state index in [4.69, 9.17) is 18.9 Å². The number of ether oxygens (including phenoxy) is 4. The van der Waals surface area contributed by atoms with Gasteiger partial charge in [-0.05, 0) is 39.2 Å². The molecule has 0 radical (unpaired) electrons. The Kier molecular flexibility index (Phi) is 10.2. The Labute approximate surface area is 120 Å². The lowest BCUT2D eigenvalue weighted by Gasteiger charge is -2.13. The van der Waals surface area contributed by atoms with Gasteiger partial charge < -0.3 is 18.9 Å². The minimum Gasteiger partial charge on any atom is -0.469 e. The van der Waals surface area contributed by atoms with Crippen molar-refractivity contribution in [3.8, 4) is 0 Å². The molecule has 0 saturated carbocycles. The minimum absolute atomic E-state index is 0.242. The molecule has 6 heteroatoms. The summed E-state index contributed by atoms with van der Waals surface area (Å²) in [5.74, 6) is -1.52. The molecule has 0 atom stereocenters. The molecule has 116 valence electrons. The zero-order valence-electron chi connectivity index (χ0n) is 12.6. The lowest BCUT2D eigenvalue weighted by molar-refractivity contribution is -0.161. The Balaban J connectivity index is 4.39. The maximum atomic E-state index is 11.7. The molecule has 0 spiro atoms. The summed E-state index contributed by atoms with van der Waals surface area (Å²) in [7, 11) is 3.02. The molecular weight excluding hydrogens is 264 g/mol. The first-order valence-corrected chi connectivity index (χ1v) is 6.72. The first kappa shape index (κ1) is 18.3.